The van der Waals surface area contributed by atoms with Gasteiger partial charge in [-0.1, -0.05) is 63.4 Å². The standard InChI is InChI=1S/C27H39N5O6/c1-4-6-11-17-31(23-24(28)32(16-7-5-2)27(37)30-26(23)36)21(33)14-15-22(34)38-19(3)25(35)29-18-20-12-9-8-10-13-20/h8-10,12-13,19H,4-7,11,14-18,28H2,1-3H3,(H,29,35)(H,30,36,37)/t19-/m1/s1. The first-order valence-corrected chi connectivity index (χ1v) is 13.1. The highest BCUT2D eigenvalue weighted by molar-refractivity contribution is 5.97. The third-order valence-corrected chi connectivity index (χ3v) is 6.04. The van der Waals surface area contributed by atoms with E-state index in [2.05, 4.69) is 10.3 Å². The second kappa shape index (κ2) is 15.4. The Hall–Kier alpha value is -3.89. The highest BCUT2D eigenvalue weighted by Gasteiger charge is 2.25. The minimum Gasteiger partial charge on any atom is -0.453 e. The molecule has 1 aromatic carbocycles. The average molecular weight is 530 g/mol. The second-order valence-corrected chi connectivity index (χ2v) is 9.09. The monoisotopic (exact) mass is 529 g/mol. The molecule has 1 heterocycles. The minimum absolute atomic E-state index is 0.0802. The predicted molar refractivity (Wildman–Crippen MR) is 146 cm³/mol. The van der Waals surface area contributed by atoms with Crippen molar-refractivity contribution in [2.24, 2.45) is 0 Å². The number of unbranched alkanes of at least 4 members (excludes halogenated alkanes) is 3. The number of hydrogen-bond acceptors (Lipinski definition) is 7. The zero-order chi connectivity index (χ0) is 28.1. The number of benzene rings is 1. The number of anilines is 2. The number of esters is 1. The molecular weight excluding hydrogens is 490 g/mol. The van der Waals surface area contributed by atoms with E-state index in [0.29, 0.717) is 25.9 Å². The number of aromatic amines is 1. The van der Waals surface area contributed by atoms with Crippen molar-refractivity contribution in [3.05, 3.63) is 56.7 Å². The van der Waals surface area contributed by atoms with E-state index in [-0.39, 0.29) is 30.9 Å². The van der Waals surface area contributed by atoms with Crippen LogP contribution >= 0.6 is 0 Å². The fourth-order valence-electron chi connectivity index (χ4n) is 3.84. The average Bonchev–Trinajstić information content (AvgIpc) is 2.89. The lowest BCUT2D eigenvalue weighted by atomic mass is 10.2. The molecule has 0 unspecified atom stereocenters. The molecule has 2 rings (SSSR count). The van der Waals surface area contributed by atoms with Crippen LogP contribution in [-0.2, 0) is 32.2 Å². The Bertz CT molecular complexity index is 1190. The zero-order valence-electron chi connectivity index (χ0n) is 22.5. The van der Waals surface area contributed by atoms with Gasteiger partial charge >= 0.3 is 11.7 Å². The van der Waals surface area contributed by atoms with Crippen molar-refractivity contribution < 1.29 is 19.1 Å². The number of carbonyl (C=O) groups excluding carboxylic acids is 3. The maximum Gasteiger partial charge on any atom is 0.330 e. The molecule has 0 saturated heterocycles. The van der Waals surface area contributed by atoms with E-state index < -0.39 is 35.1 Å². The molecule has 0 fully saturated rings. The van der Waals surface area contributed by atoms with Crippen molar-refractivity contribution in [3.8, 4) is 0 Å². The topological polar surface area (TPSA) is 157 Å². The van der Waals surface area contributed by atoms with Crippen LogP contribution in [0.5, 0.6) is 0 Å². The normalized spacial score (nSPS) is 11.6. The van der Waals surface area contributed by atoms with E-state index in [4.69, 9.17) is 10.5 Å². The summed E-state index contributed by atoms with van der Waals surface area (Å²) in [4.78, 5) is 66.4. The van der Waals surface area contributed by atoms with Gasteiger partial charge in [-0.3, -0.25) is 28.7 Å². The maximum absolute atomic E-state index is 13.2. The van der Waals surface area contributed by atoms with Crippen LogP contribution < -0.4 is 27.2 Å². The molecule has 0 radical (unpaired) electrons. The van der Waals surface area contributed by atoms with Gasteiger partial charge in [0.1, 0.15) is 5.82 Å². The van der Waals surface area contributed by atoms with Crippen molar-refractivity contribution in [1.82, 2.24) is 14.9 Å². The predicted octanol–water partition coefficient (Wildman–Crippen LogP) is 2.47. The fraction of sp³-hybridized carbons (Fsp3) is 0.519. The summed E-state index contributed by atoms with van der Waals surface area (Å²) in [5, 5.41) is 2.70. The lowest BCUT2D eigenvalue weighted by Gasteiger charge is -2.24. The molecule has 38 heavy (non-hydrogen) atoms. The first-order chi connectivity index (χ1) is 18.2. The SMILES string of the molecule is CCCCCN(C(=O)CCC(=O)O[C@H](C)C(=O)NCc1ccccc1)c1c(N)n(CCCC)c(=O)[nH]c1=O. The smallest absolute Gasteiger partial charge is 0.330 e. The molecule has 11 nitrogen and oxygen atoms in total. The van der Waals surface area contributed by atoms with Gasteiger partial charge in [0.05, 0.1) is 6.42 Å². The fourth-order valence-corrected chi connectivity index (χ4v) is 3.84. The van der Waals surface area contributed by atoms with Crippen LogP contribution in [-0.4, -0.2) is 40.0 Å². The molecule has 0 spiro atoms. The lowest BCUT2D eigenvalue weighted by molar-refractivity contribution is -0.155. The van der Waals surface area contributed by atoms with Crippen molar-refractivity contribution in [3.63, 3.8) is 0 Å². The van der Waals surface area contributed by atoms with E-state index in [9.17, 15) is 24.0 Å². The van der Waals surface area contributed by atoms with Crippen LogP contribution in [0.25, 0.3) is 0 Å². The summed E-state index contributed by atoms with van der Waals surface area (Å²) in [6.45, 7) is 6.23. The van der Waals surface area contributed by atoms with E-state index in [0.717, 1.165) is 24.8 Å². The molecule has 2 aromatic rings. The third kappa shape index (κ3) is 8.89. The van der Waals surface area contributed by atoms with Crippen LogP contribution in [0, 0.1) is 0 Å². The van der Waals surface area contributed by atoms with E-state index in [1.807, 2.05) is 44.2 Å². The number of H-pyrrole nitrogens is 1. The van der Waals surface area contributed by atoms with Crippen LogP contribution in [0.1, 0.15) is 71.3 Å². The van der Waals surface area contributed by atoms with Gasteiger partial charge in [-0.2, -0.15) is 0 Å². The number of nitrogens with one attached hydrogen (secondary N) is 2. The third-order valence-electron chi connectivity index (χ3n) is 6.04. The number of carbonyl (C=O) groups is 3. The highest BCUT2D eigenvalue weighted by Crippen LogP contribution is 2.20. The van der Waals surface area contributed by atoms with E-state index in [1.54, 1.807) is 0 Å². The number of rotatable bonds is 15. The first-order valence-electron chi connectivity index (χ1n) is 13.1. The van der Waals surface area contributed by atoms with Crippen molar-refractivity contribution in [2.45, 2.75) is 84.9 Å². The molecule has 0 aliphatic carbocycles. The molecule has 0 saturated carbocycles. The summed E-state index contributed by atoms with van der Waals surface area (Å²) < 4.78 is 6.46. The van der Waals surface area contributed by atoms with Gasteiger partial charge in [-0.25, -0.2) is 4.79 Å². The van der Waals surface area contributed by atoms with Gasteiger partial charge in [0.15, 0.2) is 11.8 Å². The van der Waals surface area contributed by atoms with Crippen molar-refractivity contribution in [2.75, 3.05) is 17.2 Å². The van der Waals surface area contributed by atoms with Gasteiger partial charge < -0.3 is 20.7 Å². The van der Waals surface area contributed by atoms with Crippen LogP contribution in [0.3, 0.4) is 0 Å². The van der Waals surface area contributed by atoms with Gasteiger partial charge in [-0.15, -0.1) is 0 Å². The molecule has 11 heteroatoms. The maximum atomic E-state index is 13.2. The van der Waals surface area contributed by atoms with Gasteiger partial charge in [0.2, 0.25) is 5.91 Å². The largest absolute Gasteiger partial charge is 0.453 e. The molecule has 2 amide bonds. The quantitative estimate of drug-likeness (QED) is 0.236. The first kappa shape index (κ1) is 30.3. The van der Waals surface area contributed by atoms with E-state index >= 15 is 0 Å². The summed E-state index contributed by atoms with van der Waals surface area (Å²) >= 11 is 0. The van der Waals surface area contributed by atoms with Gasteiger partial charge in [0.25, 0.3) is 11.5 Å². The molecule has 0 bridgehead atoms. The molecule has 208 valence electrons. The number of ether oxygens (including phenoxy) is 1. The number of nitrogen functional groups attached to an aromatic ring is 1. The molecule has 1 aromatic heterocycles. The number of aromatic nitrogens is 2. The summed E-state index contributed by atoms with van der Waals surface area (Å²) in [7, 11) is 0. The molecule has 1 atom stereocenters. The molecule has 0 aliphatic heterocycles. The second-order valence-electron chi connectivity index (χ2n) is 9.09. The van der Waals surface area contributed by atoms with Gasteiger partial charge in [-0.05, 0) is 25.3 Å². The summed E-state index contributed by atoms with van der Waals surface area (Å²) in [5.74, 6) is -1.76. The number of nitrogens with two attached hydrogens (primary N) is 1. The molecular formula is C27H39N5O6. The number of amides is 2. The Kier molecular flexibility index (Phi) is 12.3. The van der Waals surface area contributed by atoms with E-state index in [1.165, 1.54) is 16.4 Å². The summed E-state index contributed by atoms with van der Waals surface area (Å²) in [6.07, 6.45) is 2.21. The summed E-state index contributed by atoms with van der Waals surface area (Å²) in [6, 6.07) is 9.31. The van der Waals surface area contributed by atoms with Crippen molar-refractivity contribution in [1.29, 1.82) is 0 Å². The minimum atomic E-state index is -1.04. The number of nitrogens with zero attached hydrogens (tertiary/aromatic N) is 2. The Labute approximate surface area is 222 Å². The van der Waals surface area contributed by atoms with Gasteiger partial charge in [0, 0.05) is 26.1 Å². The Morgan fingerprint density at radius 3 is 2.39 bits per heavy atom. The molecule has 0 aliphatic rings. The van der Waals surface area contributed by atoms with Crippen LogP contribution in [0.15, 0.2) is 39.9 Å². The zero-order valence-corrected chi connectivity index (χ0v) is 22.5. The highest BCUT2D eigenvalue weighted by atomic mass is 16.5. The molecule has 4 N–H and O–H groups in total. The lowest BCUT2D eigenvalue weighted by Crippen LogP contribution is -2.42. The van der Waals surface area contributed by atoms with Crippen molar-refractivity contribution >= 4 is 29.3 Å². The van der Waals surface area contributed by atoms with Crippen LogP contribution in [0.2, 0.25) is 0 Å². The van der Waals surface area contributed by atoms with Crippen LogP contribution in [0.4, 0.5) is 11.5 Å². The number of hydrogen-bond donors (Lipinski definition) is 3. The summed E-state index contributed by atoms with van der Waals surface area (Å²) in [5.41, 5.74) is 5.64. The Balaban J connectivity index is 2.06. The Morgan fingerprint density at radius 1 is 1.05 bits per heavy atom. The Morgan fingerprint density at radius 2 is 1.74 bits per heavy atom.